The Labute approximate surface area is 130 Å². The highest BCUT2D eigenvalue weighted by Gasteiger charge is 2.13. The molecule has 0 fully saturated rings. The van der Waals surface area contributed by atoms with Gasteiger partial charge < -0.3 is 9.64 Å². The predicted molar refractivity (Wildman–Crippen MR) is 85.4 cm³/mol. The summed E-state index contributed by atoms with van der Waals surface area (Å²) in [4.78, 5) is 26.1. The molecule has 0 aliphatic heterocycles. The van der Waals surface area contributed by atoms with E-state index in [0.717, 1.165) is 5.75 Å². The fraction of sp³-hybridized carbons (Fsp3) is 0.500. The third-order valence-electron chi connectivity index (χ3n) is 3.15. The second-order valence-electron chi connectivity index (χ2n) is 4.71. The number of amides is 1. The van der Waals surface area contributed by atoms with Gasteiger partial charge in [-0.1, -0.05) is 17.7 Å². The maximum absolute atomic E-state index is 12.1. The SMILES string of the molecule is CCN(CCC(=O)OC)C(=O)CCSc1ccc(C)cc1. The van der Waals surface area contributed by atoms with E-state index in [-0.39, 0.29) is 18.3 Å². The molecule has 0 unspecified atom stereocenters. The number of methoxy groups -OCH3 is 1. The maximum Gasteiger partial charge on any atom is 0.307 e. The molecular weight excluding hydrogens is 286 g/mol. The first-order valence-electron chi connectivity index (χ1n) is 7.11. The molecule has 1 rings (SSSR count). The minimum Gasteiger partial charge on any atom is -0.469 e. The minimum atomic E-state index is -0.282. The van der Waals surface area contributed by atoms with Gasteiger partial charge in [0.25, 0.3) is 0 Å². The van der Waals surface area contributed by atoms with Crippen molar-refractivity contribution in [2.24, 2.45) is 0 Å². The van der Waals surface area contributed by atoms with Crippen LogP contribution in [0.25, 0.3) is 0 Å². The van der Waals surface area contributed by atoms with Gasteiger partial charge in [-0.25, -0.2) is 0 Å². The number of benzene rings is 1. The van der Waals surface area contributed by atoms with E-state index in [4.69, 9.17) is 0 Å². The normalized spacial score (nSPS) is 10.2. The van der Waals surface area contributed by atoms with Crippen molar-refractivity contribution in [2.75, 3.05) is 26.0 Å². The van der Waals surface area contributed by atoms with Crippen LogP contribution in [0, 0.1) is 6.92 Å². The van der Waals surface area contributed by atoms with Crippen LogP contribution in [-0.2, 0) is 14.3 Å². The van der Waals surface area contributed by atoms with Crippen LogP contribution in [0.4, 0.5) is 0 Å². The number of hydrogen-bond donors (Lipinski definition) is 0. The molecule has 1 aromatic carbocycles. The van der Waals surface area contributed by atoms with Crippen molar-refractivity contribution >= 4 is 23.6 Å². The lowest BCUT2D eigenvalue weighted by atomic mass is 10.2. The molecule has 0 aliphatic carbocycles. The molecule has 1 aromatic rings. The van der Waals surface area contributed by atoms with Crippen LogP contribution >= 0.6 is 11.8 Å². The first kappa shape index (κ1) is 17.6. The van der Waals surface area contributed by atoms with Crippen LogP contribution in [0.1, 0.15) is 25.3 Å². The van der Waals surface area contributed by atoms with Gasteiger partial charge in [-0.2, -0.15) is 0 Å². The number of thioether (sulfide) groups is 1. The van der Waals surface area contributed by atoms with E-state index < -0.39 is 0 Å². The van der Waals surface area contributed by atoms with Crippen molar-refractivity contribution in [3.8, 4) is 0 Å². The van der Waals surface area contributed by atoms with Crippen LogP contribution in [0.2, 0.25) is 0 Å². The van der Waals surface area contributed by atoms with Gasteiger partial charge in [-0.05, 0) is 26.0 Å². The summed E-state index contributed by atoms with van der Waals surface area (Å²) < 4.78 is 4.59. The van der Waals surface area contributed by atoms with E-state index >= 15 is 0 Å². The summed E-state index contributed by atoms with van der Waals surface area (Å²) in [5, 5.41) is 0. The standard InChI is InChI=1S/C16H23NO3S/c1-4-17(11-9-16(19)20-3)15(18)10-12-21-14-7-5-13(2)6-8-14/h5-8H,4,9-12H2,1-3H3. The fourth-order valence-electron chi connectivity index (χ4n) is 1.84. The summed E-state index contributed by atoms with van der Waals surface area (Å²) in [5.41, 5.74) is 1.23. The average molecular weight is 309 g/mol. The van der Waals surface area contributed by atoms with Gasteiger partial charge in [-0.3, -0.25) is 9.59 Å². The van der Waals surface area contributed by atoms with Gasteiger partial charge in [0.1, 0.15) is 0 Å². The van der Waals surface area contributed by atoms with Crippen LogP contribution in [0.3, 0.4) is 0 Å². The molecule has 21 heavy (non-hydrogen) atoms. The zero-order chi connectivity index (χ0) is 15.7. The molecule has 0 aliphatic rings. The number of nitrogens with zero attached hydrogens (tertiary/aromatic N) is 1. The molecule has 0 saturated heterocycles. The highest BCUT2D eigenvalue weighted by Crippen LogP contribution is 2.19. The molecule has 1 amide bonds. The molecule has 0 radical (unpaired) electrons. The van der Waals surface area contributed by atoms with Gasteiger partial charge in [0.05, 0.1) is 13.5 Å². The largest absolute Gasteiger partial charge is 0.469 e. The third-order valence-corrected chi connectivity index (χ3v) is 4.17. The Morgan fingerprint density at radius 2 is 1.86 bits per heavy atom. The van der Waals surface area contributed by atoms with Crippen molar-refractivity contribution in [1.82, 2.24) is 4.90 Å². The lowest BCUT2D eigenvalue weighted by molar-refractivity contribution is -0.141. The third kappa shape index (κ3) is 6.67. The first-order chi connectivity index (χ1) is 10.1. The van der Waals surface area contributed by atoms with E-state index in [0.29, 0.717) is 19.5 Å². The summed E-state index contributed by atoms with van der Waals surface area (Å²) in [7, 11) is 1.36. The Morgan fingerprint density at radius 3 is 2.43 bits per heavy atom. The van der Waals surface area contributed by atoms with Gasteiger partial charge in [-0.15, -0.1) is 11.8 Å². The molecule has 0 saturated carbocycles. The second kappa shape index (κ2) is 9.45. The molecule has 0 heterocycles. The smallest absolute Gasteiger partial charge is 0.307 e. The Morgan fingerprint density at radius 1 is 1.19 bits per heavy atom. The van der Waals surface area contributed by atoms with E-state index in [2.05, 4.69) is 35.9 Å². The van der Waals surface area contributed by atoms with Crippen molar-refractivity contribution < 1.29 is 14.3 Å². The summed E-state index contributed by atoms with van der Waals surface area (Å²) in [6.45, 7) is 5.02. The van der Waals surface area contributed by atoms with Crippen LogP contribution in [0.15, 0.2) is 29.2 Å². The van der Waals surface area contributed by atoms with Crippen LogP contribution in [0.5, 0.6) is 0 Å². The zero-order valence-corrected chi connectivity index (χ0v) is 13.7. The van der Waals surface area contributed by atoms with E-state index in [1.807, 2.05) is 6.92 Å². The molecule has 0 N–H and O–H groups in total. The molecule has 5 heteroatoms. The number of carbonyl (C=O) groups excluding carboxylic acids is 2. The van der Waals surface area contributed by atoms with Crippen molar-refractivity contribution in [2.45, 2.75) is 31.6 Å². The molecule has 116 valence electrons. The summed E-state index contributed by atoms with van der Waals surface area (Å²) in [5.74, 6) is 0.549. The number of hydrogen-bond acceptors (Lipinski definition) is 4. The molecule has 0 spiro atoms. The van der Waals surface area contributed by atoms with Crippen LogP contribution < -0.4 is 0 Å². The predicted octanol–water partition coefficient (Wildman–Crippen LogP) is 2.89. The lowest BCUT2D eigenvalue weighted by Crippen LogP contribution is -2.33. The fourth-order valence-corrected chi connectivity index (χ4v) is 2.68. The Balaban J connectivity index is 2.33. The molecule has 4 nitrogen and oxygen atoms in total. The molecule has 0 atom stereocenters. The second-order valence-corrected chi connectivity index (χ2v) is 5.88. The highest BCUT2D eigenvalue weighted by molar-refractivity contribution is 7.99. The van der Waals surface area contributed by atoms with Crippen molar-refractivity contribution in [3.63, 3.8) is 0 Å². The zero-order valence-electron chi connectivity index (χ0n) is 12.9. The number of esters is 1. The Bertz CT molecular complexity index is 459. The number of carbonyl (C=O) groups is 2. The van der Waals surface area contributed by atoms with Gasteiger partial charge in [0.2, 0.25) is 5.91 Å². The number of ether oxygens (including phenoxy) is 1. The van der Waals surface area contributed by atoms with Crippen molar-refractivity contribution in [3.05, 3.63) is 29.8 Å². The highest BCUT2D eigenvalue weighted by atomic mass is 32.2. The van der Waals surface area contributed by atoms with Gasteiger partial charge in [0.15, 0.2) is 0 Å². The number of rotatable bonds is 8. The Hall–Kier alpha value is -1.49. The van der Waals surface area contributed by atoms with Crippen molar-refractivity contribution in [1.29, 1.82) is 0 Å². The Kier molecular flexibility index (Phi) is 7.90. The first-order valence-corrected chi connectivity index (χ1v) is 8.09. The van der Waals surface area contributed by atoms with E-state index in [1.165, 1.54) is 17.6 Å². The molecule has 0 aromatic heterocycles. The quantitative estimate of drug-likeness (QED) is 0.547. The van der Waals surface area contributed by atoms with Crippen LogP contribution in [-0.4, -0.2) is 42.7 Å². The van der Waals surface area contributed by atoms with E-state index in [9.17, 15) is 9.59 Å². The lowest BCUT2D eigenvalue weighted by Gasteiger charge is -2.20. The maximum atomic E-state index is 12.1. The van der Waals surface area contributed by atoms with E-state index in [1.54, 1.807) is 16.7 Å². The minimum absolute atomic E-state index is 0.0843. The van der Waals surface area contributed by atoms with Gasteiger partial charge >= 0.3 is 5.97 Å². The summed E-state index contributed by atoms with van der Waals surface area (Å²) >= 11 is 1.68. The monoisotopic (exact) mass is 309 g/mol. The van der Waals surface area contributed by atoms with Gasteiger partial charge in [0, 0.05) is 30.2 Å². The molecule has 0 bridgehead atoms. The molecular formula is C16H23NO3S. The average Bonchev–Trinajstić information content (AvgIpc) is 2.49. The number of aryl methyl sites for hydroxylation is 1. The summed E-state index contributed by atoms with van der Waals surface area (Å²) in [6.07, 6.45) is 0.731. The topological polar surface area (TPSA) is 46.6 Å². The summed E-state index contributed by atoms with van der Waals surface area (Å²) in [6, 6.07) is 8.27.